The van der Waals surface area contributed by atoms with E-state index in [-0.39, 0.29) is 36.1 Å². The van der Waals surface area contributed by atoms with Crippen LogP contribution in [0.15, 0.2) is 54.6 Å². The van der Waals surface area contributed by atoms with Crippen LogP contribution < -0.4 is 10.6 Å². The maximum absolute atomic E-state index is 12.5. The van der Waals surface area contributed by atoms with Crippen LogP contribution in [-0.2, 0) is 14.4 Å². The largest absolute Gasteiger partial charge is 0.356 e. The highest BCUT2D eigenvalue weighted by Gasteiger charge is 2.48. The third-order valence-corrected chi connectivity index (χ3v) is 5.47. The number of hydrogen-bond donors (Lipinski definition) is 2. The standard InChI is InChI=1S/C22H23N3O3/c26-20(14-25-21(27)18-8-4-5-9-19(18)22(25)28)24-17-12-10-16(11-13-17)23-15-6-2-1-3-7-15/h1-3,6-7,10-13,18-19,23H,4-5,8-9,14H2,(H,24,26)/t18-,19+. The van der Waals surface area contributed by atoms with E-state index in [4.69, 9.17) is 0 Å². The van der Waals surface area contributed by atoms with Crippen LogP contribution in [-0.4, -0.2) is 29.2 Å². The molecule has 1 aliphatic carbocycles. The predicted molar refractivity (Wildman–Crippen MR) is 107 cm³/mol. The van der Waals surface area contributed by atoms with E-state index in [2.05, 4.69) is 10.6 Å². The Kier molecular flexibility index (Phi) is 5.10. The molecule has 1 saturated carbocycles. The monoisotopic (exact) mass is 377 g/mol. The number of carbonyl (C=O) groups excluding carboxylic acids is 3. The van der Waals surface area contributed by atoms with Gasteiger partial charge in [0.25, 0.3) is 0 Å². The molecule has 2 aromatic carbocycles. The molecule has 0 spiro atoms. The molecule has 2 atom stereocenters. The highest BCUT2D eigenvalue weighted by Crippen LogP contribution is 2.37. The van der Waals surface area contributed by atoms with E-state index in [0.717, 1.165) is 42.0 Å². The van der Waals surface area contributed by atoms with Crippen molar-refractivity contribution < 1.29 is 14.4 Å². The summed E-state index contributed by atoms with van der Waals surface area (Å²) in [6.45, 7) is -0.214. The van der Waals surface area contributed by atoms with Crippen LogP contribution in [0.3, 0.4) is 0 Å². The zero-order valence-electron chi connectivity index (χ0n) is 15.6. The minimum Gasteiger partial charge on any atom is -0.356 e. The summed E-state index contributed by atoms with van der Waals surface area (Å²) in [7, 11) is 0. The van der Waals surface area contributed by atoms with Gasteiger partial charge in [0.2, 0.25) is 17.7 Å². The Balaban J connectivity index is 1.35. The van der Waals surface area contributed by atoms with Crippen molar-refractivity contribution in [1.82, 2.24) is 4.90 Å². The maximum Gasteiger partial charge on any atom is 0.244 e. The highest BCUT2D eigenvalue weighted by molar-refractivity contribution is 6.08. The number of hydrogen-bond acceptors (Lipinski definition) is 4. The first-order valence-corrected chi connectivity index (χ1v) is 9.69. The molecule has 4 rings (SSSR count). The number of benzene rings is 2. The van der Waals surface area contributed by atoms with Crippen molar-refractivity contribution in [3.8, 4) is 0 Å². The molecule has 1 saturated heterocycles. The molecule has 2 aliphatic rings. The summed E-state index contributed by atoms with van der Waals surface area (Å²) in [5.41, 5.74) is 2.50. The number of nitrogens with one attached hydrogen (secondary N) is 2. The van der Waals surface area contributed by atoms with Crippen LogP contribution in [0.4, 0.5) is 17.1 Å². The molecule has 1 heterocycles. The lowest BCUT2D eigenvalue weighted by Crippen LogP contribution is -2.38. The van der Waals surface area contributed by atoms with Gasteiger partial charge in [0.15, 0.2) is 0 Å². The van der Waals surface area contributed by atoms with Gasteiger partial charge in [-0.3, -0.25) is 19.3 Å². The SMILES string of the molecule is O=C(CN1C(=O)[C@H]2CCCC[C@H]2C1=O)Nc1ccc(Nc2ccccc2)cc1. The molecule has 3 amide bonds. The average molecular weight is 377 g/mol. The second kappa shape index (κ2) is 7.84. The number of rotatable bonds is 5. The fraction of sp³-hybridized carbons (Fsp3) is 0.318. The van der Waals surface area contributed by atoms with Gasteiger partial charge in [-0.15, -0.1) is 0 Å². The van der Waals surface area contributed by atoms with Crippen molar-refractivity contribution in [2.24, 2.45) is 11.8 Å². The average Bonchev–Trinajstić information content (AvgIpc) is 2.95. The molecule has 6 nitrogen and oxygen atoms in total. The van der Waals surface area contributed by atoms with Gasteiger partial charge in [0.1, 0.15) is 6.54 Å². The second-order valence-corrected chi connectivity index (χ2v) is 7.38. The molecule has 0 radical (unpaired) electrons. The molecule has 1 aliphatic heterocycles. The number of fused-ring (bicyclic) bond motifs is 1. The Morgan fingerprint density at radius 2 is 1.36 bits per heavy atom. The lowest BCUT2D eigenvalue weighted by atomic mass is 9.81. The molecule has 2 aromatic rings. The molecule has 2 fully saturated rings. The van der Waals surface area contributed by atoms with E-state index >= 15 is 0 Å². The van der Waals surface area contributed by atoms with Crippen LogP contribution in [0.1, 0.15) is 25.7 Å². The number of amides is 3. The van der Waals surface area contributed by atoms with E-state index in [0.29, 0.717) is 5.69 Å². The fourth-order valence-corrected chi connectivity index (χ4v) is 4.06. The molecule has 0 aromatic heterocycles. The lowest BCUT2D eigenvalue weighted by molar-refractivity contribution is -0.142. The number of likely N-dealkylation sites (tertiary alicyclic amines) is 1. The molecule has 2 N–H and O–H groups in total. The van der Waals surface area contributed by atoms with Gasteiger partial charge in [-0.2, -0.15) is 0 Å². The van der Waals surface area contributed by atoms with Gasteiger partial charge < -0.3 is 10.6 Å². The van der Waals surface area contributed by atoms with E-state index in [9.17, 15) is 14.4 Å². The summed E-state index contributed by atoms with van der Waals surface area (Å²) in [6, 6.07) is 17.1. The number of nitrogens with zero attached hydrogens (tertiary/aromatic N) is 1. The summed E-state index contributed by atoms with van der Waals surface area (Å²) in [4.78, 5) is 38.5. The van der Waals surface area contributed by atoms with Crippen LogP contribution in [0.2, 0.25) is 0 Å². The first-order chi connectivity index (χ1) is 13.6. The number of imide groups is 1. The zero-order chi connectivity index (χ0) is 19.5. The van der Waals surface area contributed by atoms with Gasteiger partial charge >= 0.3 is 0 Å². The van der Waals surface area contributed by atoms with Gasteiger partial charge in [-0.1, -0.05) is 31.0 Å². The molecular weight excluding hydrogens is 354 g/mol. The summed E-state index contributed by atoms with van der Waals surface area (Å²) in [6.07, 6.45) is 3.46. The van der Waals surface area contributed by atoms with Crippen LogP contribution in [0, 0.1) is 11.8 Å². The summed E-state index contributed by atoms with van der Waals surface area (Å²) >= 11 is 0. The third kappa shape index (κ3) is 3.76. The molecule has 0 unspecified atom stereocenters. The first kappa shape index (κ1) is 18.2. The highest BCUT2D eigenvalue weighted by atomic mass is 16.2. The molecule has 6 heteroatoms. The minimum absolute atomic E-state index is 0.188. The Morgan fingerprint density at radius 3 is 1.96 bits per heavy atom. The van der Waals surface area contributed by atoms with Gasteiger partial charge in [-0.25, -0.2) is 0 Å². The Hall–Kier alpha value is -3.15. The van der Waals surface area contributed by atoms with E-state index < -0.39 is 0 Å². The molecule has 28 heavy (non-hydrogen) atoms. The fourth-order valence-electron chi connectivity index (χ4n) is 4.06. The van der Waals surface area contributed by atoms with Crippen molar-refractivity contribution in [3.63, 3.8) is 0 Å². The van der Waals surface area contributed by atoms with Crippen molar-refractivity contribution in [3.05, 3.63) is 54.6 Å². The first-order valence-electron chi connectivity index (χ1n) is 9.69. The summed E-state index contributed by atoms with van der Waals surface area (Å²) < 4.78 is 0. The summed E-state index contributed by atoms with van der Waals surface area (Å²) in [5, 5.41) is 6.04. The van der Waals surface area contributed by atoms with Crippen molar-refractivity contribution in [2.45, 2.75) is 25.7 Å². The number of anilines is 3. The van der Waals surface area contributed by atoms with E-state index in [1.165, 1.54) is 0 Å². The van der Waals surface area contributed by atoms with Crippen molar-refractivity contribution >= 4 is 34.8 Å². The Labute approximate surface area is 163 Å². The molecule has 144 valence electrons. The van der Waals surface area contributed by atoms with E-state index in [1.54, 1.807) is 12.1 Å². The van der Waals surface area contributed by atoms with E-state index in [1.807, 2.05) is 42.5 Å². The Bertz CT molecular complexity index is 856. The Morgan fingerprint density at radius 1 is 0.821 bits per heavy atom. The van der Waals surface area contributed by atoms with Gasteiger partial charge in [-0.05, 0) is 49.2 Å². The number of carbonyl (C=O) groups is 3. The zero-order valence-corrected chi connectivity index (χ0v) is 15.6. The quantitative estimate of drug-likeness (QED) is 0.781. The minimum atomic E-state index is -0.357. The lowest BCUT2D eigenvalue weighted by Gasteiger charge is -2.19. The predicted octanol–water partition coefficient (Wildman–Crippen LogP) is 3.54. The molecule has 0 bridgehead atoms. The van der Waals surface area contributed by atoms with Crippen LogP contribution in [0.5, 0.6) is 0 Å². The van der Waals surface area contributed by atoms with Gasteiger partial charge in [0.05, 0.1) is 11.8 Å². The van der Waals surface area contributed by atoms with Gasteiger partial charge in [0, 0.05) is 17.1 Å². The topological polar surface area (TPSA) is 78.5 Å². The summed E-state index contributed by atoms with van der Waals surface area (Å²) in [5.74, 6) is -1.18. The second-order valence-electron chi connectivity index (χ2n) is 7.38. The van der Waals surface area contributed by atoms with Crippen molar-refractivity contribution in [1.29, 1.82) is 0 Å². The molecular formula is C22H23N3O3. The van der Waals surface area contributed by atoms with Crippen LogP contribution >= 0.6 is 0 Å². The van der Waals surface area contributed by atoms with Crippen molar-refractivity contribution in [2.75, 3.05) is 17.2 Å². The smallest absolute Gasteiger partial charge is 0.244 e. The third-order valence-electron chi connectivity index (χ3n) is 5.47. The number of para-hydroxylation sites is 1. The normalized spacial score (nSPS) is 21.4. The van der Waals surface area contributed by atoms with Crippen LogP contribution in [0.25, 0.3) is 0 Å². The maximum atomic E-state index is 12.5.